The normalized spacial score (nSPS) is 22.0. The fraction of sp³-hybridized carbons (Fsp3) is 0.381. The monoisotopic (exact) mass is 419 g/mol. The van der Waals surface area contributed by atoms with Crippen molar-refractivity contribution in [1.82, 2.24) is 0 Å². The van der Waals surface area contributed by atoms with Gasteiger partial charge in [-0.1, -0.05) is 0 Å². The standard InChI is InChI=1S/C21H25NOSSe/c1-15-13-14-20(21(22(15)23)17-9-5-4-6-10-17)25-19-12-8-7-11-18(19)16(2)24-3/h4-12,16,20-21H,13-14H2,1-3H3/t16-,20?,21?/m0/s1. The molecule has 2 unspecified atom stereocenters. The van der Waals surface area contributed by atoms with Crippen molar-refractivity contribution in [1.29, 1.82) is 0 Å². The minimum absolute atomic E-state index is 0.0485. The Kier molecular flexibility index (Phi) is 6.27. The van der Waals surface area contributed by atoms with E-state index in [0.29, 0.717) is 10.1 Å². The van der Waals surface area contributed by atoms with E-state index in [1.165, 1.54) is 14.8 Å². The average molecular weight is 418 g/mol. The molecule has 0 bridgehead atoms. The van der Waals surface area contributed by atoms with Gasteiger partial charge in [-0.2, -0.15) is 0 Å². The van der Waals surface area contributed by atoms with Crippen molar-refractivity contribution >= 4 is 36.9 Å². The van der Waals surface area contributed by atoms with Crippen molar-refractivity contribution in [3.63, 3.8) is 0 Å². The van der Waals surface area contributed by atoms with Crippen molar-refractivity contribution in [2.45, 2.75) is 42.8 Å². The van der Waals surface area contributed by atoms with Gasteiger partial charge >= 0.3 is 162 Å². The number of benzene rings is 2. The van der Waals surface area contributed by atoms with E-state index < -0.39 is 0 Å². The molecule has 1 aliphatic rings. The van der Waals surface area contributed by atoms with Gasteiger partial charge in [0.05, 0.1) is 0 Å². The third-order valence-electron chi connectivity index (χ3n) is 4.90. The Bertz CT molecular complexity index is 747. The second-order valence-corrected chi connectivity index (χ2v) is 10.4. The average Bonchev–Trinajstić information content (AvgIpc) is 2.65. The van der Waals surface area contributed by atoms with Crippen molar-refractivity contribution in [3.8, 4) is 0 Å². The Morgan fingerprint density at radius 1 is 1.12 bits per heavy atom. The summed E-state index contributed by atoms with van der Waals surface area (Å²) in [5, 5.41) is 13.4. The second-order valence-electron chi connectivity index (χ2n) is 6.53. The second kappa shape index (κ2) is 8.44. The van der Waals surface area contributed by atoms with Crippen LogP contribution in [-0.2, 0) is 0 Å². The van der Waals surface area contributed by atoms with Gasteiger partial charge in [0.1, 0.15) is 0 Å². The van der Waals surface area contributed by atoms with Crippen LogP contribution in [0.3, 0.4) is 0 Å². The summed E-state index contributed by atoms with van der Waals surface area (Å²) in [6.07, 6.45) is 4.19. The van der Waals surface area contributed by atoms with Gasteiger partial charge in [0.15, 0.2) is 0 Å². The van der Waals surface area contributed by atoms with Crippen LogP contribution in [-0.4, -0.2) is 31.7 Å². The topological polar surface area (TPSA) is 26.1 Å². The Balaban J connectivity index is 1.94. The predicted octanol–water partition coefficient (Wildman–Crippen LogP) is 4.73. The van der Waals surface area contributed by atoms with E-state index in [4.69, 9.17) is 0 Å². The Labute approximate surface area is 161 Å². The zero-order chi connectivity index (χ0) is 17.8. The molecule has 2 aromatic carbocycles. The van der Waals surface area contributed by atoms with Gasteiger partial charge in [0.25, 0.3) is 0 Å². The van der Waals surface area contributed by atoms with Crippen molar-refractivity contribution in [2.75, 3.05) is 6.26 Å². The van der Waals surface area contributed by atoms with E-state index in [1.54, 1.807) is 0 Å². The van der Waals surface area contributed by atoms with Crippen LogP contribution in [0, 0.1) is 5.21 Å². The molecule has 132 valence electrons. The fourth-order valence-electron chi connectivity index (χ4n) is 3.35. The first-order valence-electron chi connectivity index (χ1n) is 8.74. The molecule has 1 aliphatic heterocycles. The van der Waals surface area contributed by atoms with Crippen LogP contribution < -0.4 is 4.46 Å². The quantitative estimate of drug-likeness (QED) is 0.399. The Morgan fingerprint density at radius 3 is 2.52 bits per heavy atom. The minimum atomic E-state index is -0.0485. The number of hydrogen-bond donors (Lipinski definition) is 0. The maximum absolute atomic E-state index is 12.9. The van der Waals surface area contributed by atoms with Gasteiger partial charge in [-0.05, 0) is 0 Å². The third kappa shape index (κ3) is 4.13. The van der Waals surface area contributed by atoms with Gasteiger partial charge in [0, 0.05) is 0 Å². The van der Waals surface area contributed by atoms with Crippen LogP contribution in [0.2, 0.25) is 4.82 Å². The molecule has 0 aliphatic carbocycles. The molecule has 0 saturated carbocycles. The molecular formula is C21H25NOSSe. The summed E-state index contributed by atoms with van der Waals surface area (Å²) in [7, 11) is 0. The first-order valence-corrected chi connectivity index (χ1v) is 11.9. The van der Waals surface area contributed by atoms with Crippen molar-refractivity contribution in [3.05, 3.63) is 70.9 Å². The SMILES string of the molecule is CS[C@@H](C)c1ccccc1[Se]C1CCC(C)=[N+]([O-])C1c1ccccc1. The molecule has 3 rings (SSSR count). The van der Waals surface area contributed by atoms with Crippen LogP contribution in [0.15, 0.2) is 54.6 Å². The first-order chi connectivity index (χ1) is 12.1. The van der Waals surface area contributed by atoms with Gasteiger partial charge in [-0.25, -0.2) is 0 Å². The van der Waals surface area contributed by atoms with E-state index in [2.05, 4.69) is 49.6 Å². The number of nitrogens with zero attached hydrogens (tertiary/aromatic N) is 1. The summed E-state index contributed by atoms with van der Waals surface area (Å²) >= 11 is 2.17. The van der Waals surface area contributed by atoms with Crippen molar-refractivity contribution < 1.29 is 4.74 Å². The zero-order valence-corrected chi connectivity index (χ0v) is 17.5. The number of hydroxylamine groups is 1. The summed E-state index contributed by atoms with van der Waals surface area (Å²) in [4.78, 5) is 0.409. The maximum atomic E-state index is 12.9. The van der Waals surface area contributed by atoms with Crippen LogP contribution in [0.4, 0.5) is 0 Å². The van der Waals surface area contributed by atoms with Gasteiger partial charge in [-0.15, -0.1) is 0 Å². The summed E-state index contributed by atoms with van der Waals surface area (Å²) in [5.41, 5.74) is 3.55. The molecule has 2 nitrogen and oxygen atoms in total. The van der Waals surface area contributed by atoms with E-state index in [1.807, 2.05) is 36.9 Å². The van der Waals surface area contributed by atoms with Crippen molar-refractivity contribution in [2.24, 2.45) is 0 Å². The summed E-state index contributed by atoms with van der Waals surface area (Å²) in [6, 6.07) is 19.1. The van der Waals surface area contributed by atoms with Crippen LogP contribution in [0.5, 0.6) is 0 Å². The predicted molar refractivity (Wildman–Crippen MR) is 110 cm³/mol. The van der Waals surface area contributed by atoms with Gasteiger partial charge in [-0.3, -0.25) is 0 Å². The molecule has 0 fully saturated rings. The first kappa shape index (κ1) is 18.6. The molecule has 0 saturated heterocycles. The molecule has 4 heteroatoms. The van der Waals surface area contributed by atoms with E-state index in [0.717, 1.165) is 24.1 Å². The van der Waals surface area contributed by atoms with E-state index >= 15 is 0 Å². The molecule has 0 spiro atoms. The van der Waals surface area contributed by atoms with Crippen LogP contribution >= 0.6 is 11.8 Å². The van der Waals surface area contributed by atoms with E-state index in [-0.39, 0.29) is 21.0 Å². The number of thioether (sulfide) groups is 1. The molecule has 25 heavy (non-hydrogen) atoms. The number of hydrogen-bond acceptors (Lipinski definition) is 2. The Morgan fingerprint density at radius 2 is 1.80 bits per heavy atom. The molecule has 1 heterocycles. The van der Waals surface area contributed by atoms with Crippen LogP contribution in [0.1, 0.15) is 49.1 Å². The summed E-state index contributed by atoms with van der Waals surface area (Å²) < 4.78 is 2.74. The fourth-order valence-corrected chi connectivity index (χ4v) is 7.11. The summed E-state index contributed by atoms with van der Waals surface area (Å²) in [5.74, 6) is 0. The molecule has 0 aromatic heterocycles. The molecule has 0 amide bonds. The van der Waals surface area contributed by atoms with Gasteiger partial charge < -0.3 is 0 Å². The van der Waals surface area contributed by atoms with E-state index in [9.17, 15) is 5.21 Å². The molecule has 3 atom stereocenters. The molecular weight excluding hydrogens is 393 g/mol. The Hall–Kier alpha value is -1.22. The number of rotatable bonds is 5. The zero-order valence-electron chi connectivity index (χ0n) is 15.0. The molecule has 0 N–H and O–H groups in total. The van der Waals surface area contributed by atoms with Crippen LogP contribution in [0.25, 0.3) is 0 Å². The summed E-state index contributed by atoms with van der Waals surface area (Å²) in [6.45, 7) is 4.25. The molecule has 0 radical (unpaired) electrons. The van der Waals surface area contributed by atoms with Gasteiger partial charge in [0.2, 0.25) is 0 Å². The third-order valence-corrected chi connectivity index (χ3v) is 8.85. The molecule has 2 aromatic rings.